The van der Waals surface area contributed by atoms with E-state index in [0.717, 1.165) is 16.7 Å². The molecule has 6 nitrogen and oxygen atoms in total. The van der Waals surface area contributed by atoms with Crippen molar-refractivity contribution in [3.8, 4) is 0 Å². The standard InChI is InChI=1S/C27H29N3O3/c1-19(28)29-18-8-13-24(27(32)33)30-26(31)23-16-14-22(15-17-23)25(20-9-4-2-5-10-20)21-11-6-3-7-12-21/h2-7,9-12,14-17,24-25H,8,13,18H2,1H3,(H2,28,29)(H,30,31)(H,32,33)/t24-/m0/s1. The Labute approximate surface area is 194 Å². The van der Waals surface area contributed by atoms with E-state index in [0.29, 0.717) is 24.4 Å². The average Bonchev–Trinajstić information content (AvgIpc) is 2.82. The van der Waals surface area contributed by atoms with E-state index >= 15 is 0 Å². The molecule has 0 saturated carbocycles. The van der Waals surface area contributed by atoms with Crippen molar-refractivity contribution >= 4 is 17.7 Å². The first kappa shape index (κ1) is 23.7. The van der Waals surface area contributed by atoms with Crippen molar-refractivity contribution in [1.29, 1.82) is 0 Å². The monoisotopic (exact) mass is 443 g/mol. The number of nitrogens with two attached hydrogens (primary N) is 1. The Morgan fingerprint density at radius 2 is 1.39 bits per heavy atom. The molecular formula is C27H29N3O3. The number of carbonyl (C=O) groups is 2. The van der Waals surface area contributed by atoms with E-state index in [1.165, 1.54) is 0 Å². The van der Waals surface area contributed by atoms with Gasteiger partial charge in [0.1, 0.15) is 6.04 Å². The number of nitrogens with zero attached hydrogens (tertiary/aromatic N) is 1. The number of hydrogen-bond acceptors (Lipinski definition) is 3. The summed E-state index contributed by atoms with van der Waals surface area (Å²) in [6.07, 6.45) is 0.792. The molecule has 0 radical (unpaired) electrons. The summed E-state index contributed by atoms with van der Waals surface area (Å²) in [7, 11) is 0. The van der Waals surface area contributed by atoms with Crippen LogP contribution in [0.5, 0.6) is 0 Å². The summed E-state index contributed by atoms with van der Waals surface area (Å²) >= 11 is 0. The van der Waals surface area contributed by atoms with Crippen molar-refractivity contribution in [1.82, 2.24) is 5.32 Å². The van der Waals surface area contributed by atoms with Crippen LogP contribution in [-0.4, -0.2) is 35.4 Å². The summed E-state index contributed by atoms with van der Waals surface area (Å²) in [5.74, 6) is -0.997. The summed E-state index contributed by atoms with van der Waals surface area (Å²) in [6, 6.07) is 26.7. The van der Waals surface area contributed by atoms with Gasteiger partial charge in [0.15, 0.2) is 0 Å². The first-order chi connectivity index (χ1) is 16.0. The van der Waals surface area contributed by atoms with Crippen LogP contribution in [0.25, 0.3) is 0 Å². The highest BCUT2D eigenvalue weighted by Crippen LogP contribution is 2.31. The number of amidine groups is 1. The maximum atomic E-state index is 12.7. The molecule has 0 unspecified atom stereocenters. The third kappa shape index (κ3) is 6.77. The summed E-state index contributed by atoms with van der Waals surface area (Å²) in [5.41, 5.74) is 9.27. The fourth-order valence-corrected chi connectivity index (χ4v) is 3.75. The Hall–Kier alpha value is -3.93. The summed E-state index contributed by atoms with van der Waals surface area (Å²) in [5, 5.41) is 12.1. The van der Waals surface area contributed by atoms with E-state index in [1.54, 1.807) is 19.1 Å². The number of aliphatic carboxylic acids is 1. The van der Waals surface area contributed by atoms with Crippen molar-refractivity contribution in [3.05, 3.63) is 107 Å². The van der Waals surface area contributed by atoms with Gasteiger partial charge in [-0.3, -0.25) is 9.79 Å². The SMILES string of the molecule is CC(N)=NCCC[C@H](NC(=O)c1ccc(C(c2ccccc2)c2ccccc2)cc1)C(=O)O. The molecule has 1 atom stereocenters. The first-order valence-corrected chi connectivity index (χ1v) is 11.0. The maximum Gasteiger partial charge on any atom is 0.326 e. The van der Waals surface area contributed by atoms with Gasteiger partial charge in [0.05, 0.1) is 5.84 Å². The molecule has 170 valence electrons. The Morgan fingerprint density at radius 3 is 1.88 bits per heavy atom. The van der Waals surface area contributed by atoms with Gasteiger partial charge in [-0.25, -0.2) is 4.79 Å². The number of benzene rings is 3. The second-order valence-electron chi connectivity index (χ2n) is 7.91. The molecule has 3 aromatic rings. The number of carbonyl (C=O) groups excluding carboxylic acids is 1. The number of hydrogen-bond donors (Lipinski definition) is 3. The molecule has 0 aliphatic heterocycles. The van der Waals surface area contributed by atoms with Crippen LogP contribution in [0.4, 0.5) is 0 Å². The van der Waals surface area contributed by atoms with Gasteiger partial charge < -0.3 is 16.2 Å². The van der Waals surface area contributed by atoms with Gasteiger partial charge >= 0.3 is 5.97 Å². The molecule has 33 heavy (non-hydrogen) atoms. The highest BCUT2D eigenvalue weighted by atomic mass is 16.4. The fourth-order valence-electron chi connectivity index (χ4n) is 3.75. The van der Waals surface area contributed by atoms with Crippen molar-refractivity contribution in [2.24, 2.45) is 10.7 Å². The number of nitrogens with one attached hydrogen (secondary N) is 1. The van der Waals surface area contributed by atoms with Gasteiger partial charge in [0, 0.05) is 18.0 Å². The number of carboxylic acids is 1. The van der Waals surface area contributed by atoms with E-state index in [9.17, 15) is 14.7 Å². The molecule has 0 aromatic heterocycles. The first-order valence-electron chi connectivity index (χ1n) is 11.0. The number of carboxylic acid groups (broad SMARTS) is 1. The van der Waals surface area contributed by atoms with Crippen LogP contribution < -0.4 is 11.1 Å². The zero-order valence-electron chi connectivity index (χ0n) is 18.6. The molecule has 0 aliphatic carbocycles. The smallest absolute Gasteiger partial charge is 0.326 e. The molecule has 1 amide bonds. The molecule has 3 aromatic carbocycles. The highest BCUT2D eigenvalue weighted by molar-refractivity contribution is 5.96. The van der Waals surface area contributed by atoms with Crippen molar-refractivity contribution in [2.75, 3.05) is 6.54 Å². The Balaban J connectivity index is 1.75. The topological polar surface area (TPSA) is 105 Å². The third-order valence-electron chi connectivity index (χ3n) is 5.39. The Bertz CT molecular complexity index is 1040. The Kier molecular flexibility index (Phi) is 8.36. The predicted octanol–water partition coefficient (Wildman–Crippen LogP) is 4.21. The van der Waals surface area contributed by atoms with Crippen molar-refractivity contribution in [3.63, 3.8) is 0 Å². The van der Waals surface area contributed by atoms with E-state index < -0.39 is 17.9 Å². The molecular weight excluding hydrogens is 414 g/mol. The number of aliphatic imine (C=N–C) groups is 1. The van der Waals surface area contributed by atoms with E-state index in [4.69, 9.17) is 5.73 Å². The van der Waals surface area contributed by atoms with Gasteiger partial charge in [-0.15, -0.1) is 0 Å². The van der Waals surface area contributed by atoms with Crippen molar-refractivity contribution in [2.45, 2.75) is 31.7 Å². The van der Waals surface area contributed by atoms with Crippen molar-refractivity contribution < 1.29 is 14.7 Å². The molecule has 6 heteroatoms. The lowest BCUT2D eigenvalue weighted by atomic mass is 9.85. The summed E-state index contributed by atoms with van der Waals surface area (Å²) < 4.78 is 0. The van der Waals surface area contributed by atoms with Crippen LogP contribution in [0.3, 0.4) is 0 Å². The van der Waals surface area contributed by atoms with E-state index in [1.807, 2.05) is 48.5 Å². The van der Waals surface area contributed by atoms with Gasteiger partial charge in [-0.05, 0) is 48.6 Å². The molecule has 4 N–H and O–H groups in total. The molecule has 0 spiro atoms. The van der Waals surface area contributed by atoms with Gasteiger partial charge in [0.25, 0.3) is 5.91 Å². The van der Waals surface area contributed by atoms with Crippen LogP contribution in [0.2, 0.25) is 0 Å². The number of rotatable bonds is 10. The van der Waals surface area contributed by atoms with Crippen LogP contribution in [0.1, 0.15) is 52.7 Å². The minimum Gasteiger partial charge on any atom is -0.480 e. The summed E-state index contributed by atoms with van der Waals surface area (Å²) in [6.45, 7) is 2.11. The molecule has 0 fully saturated rings. The molecule has 0 heterocycles. The number of amides is 1. The lowest BCUT2D eigenvalue weighted by Gasteiger charge is -2.19. The quantitative estimate of drug-likeness (QED) is 0.189. The van der Waals surface area contributed by atoms with Crippen LogP contribution >= 0.6 is 0 Å². The second kappa shape index (κ2) is 11.6. The zero-order chi connectivity index (χ0) is 23.6. The average molecular weight is 444 g/mol. The third-order valence-corrected chi connectivity index (χ3v) is 5.39. The molecule has 0 aliphatic rings. The minimum absolute atomic E-state index is 0.0304. The second-order valence-corrected chi connectivity index (χ2v) is 7.91. The highest BCUT2D eigenvalue weighted by Gasteiger charge is 2.21. The van der Waals surface area contributed by atoms with Crippen LogP contribution in [-0.2, 0) is 4.79 Å². The molecule has 0 bridgehead atoms. The van der Waals surface area contributed by atoms with Gasteiger partial charge in [-0.1, -0.05) is 72.8 Å². The molecule has 3 rings (SSSR count). The summed E-state index contributed by atoms with van der Waals surface area (Å²) in [4.78, 5) is 28.3. The normalized spacial score (nSPS) is 12.4. The predicted molar refractivity (Wildman–Crippen MR) is 131 cm³/mol. The van der Waals surface area contributed by atoms with Gasteiger partial charge in [-0.2, -0.15) is 0 Å². The lowest BCUT2D eigenvalue weighted by molar-refractivity contribution is -0.139. The van der Waals surface area contributed by atoms with E-state index in [-0.39, 0.29) is 12.3 Å². The maximum absolute atomic E-state index is 12.7. The zero-order valence-corrected chi connectivity index (χ0v) is 18.6. The Morgan fingerprint density at radius 1 is 0.879 bits per heavy atom. The lowest BCUT2D eigenvalue weighted by Crippen LogP contribution is -2.40. The van der Waals surface area contributed by atoms with Gasteiger partial charge in [0.2, 0.25) is 0 Å². The molecule has 0 saturated heterocycles. The van der Waals surface area contributed by atoms with Crippen LogP contribution in [0, 0.1) is 0 Å². The van der Waals surface area contributed by atoms with Crippen LogP contribution in [0.15, 0.2) is 89.9 Å². The minimum atomic E-state index is -1.07. The largest absolute Gasteiger partial charge is 0.480 e. The fraction of sp³-hybridized carbons (Fsp3) is 0.222. The van der Waals surface area contributed by atoms with E-state index in [2.05, 4.69) is 34.6 Å².